The van der Waals surface area contributed by atoms with Gasteiger partial charge < -0.3 is 10.2 Å². The van der Waals surface area contributed by atoms with E-state index in [0.717, 1.165) is 66.6 Å². The Morgan fingerprint density at radius 2 is 1.97 bits per heavy atom. The Morgan fingerprint density at radius 1 is 1.21 bits per heavy atom. The summed E-state index contributed by atoms with van der Waals surface area (Å²) in [4.78, 5) is 28.3. The van der Waals surface area contributed by atoms with Crippen LogP contribution in [0.2, 0.25) is 0 Å². The zero-order valence-corrected chi connectivity index (χ0v) is 20.1. The Kier molecular flexibility index (Phi) is 5.30. The summed E-state index contributed by atoms with van der Waals surface area (Å²) in [5.41, 5.74) is 4.21. The topological polar surface area (TPSA) is 74.1 Å². The first-order valence-electron chi connectivity index (χ1n) is 12.3. The summed E-state index contributed by atoms with van der Waals surface area (Å²) in [5.74, 6) is 0.278. The molecular formula is C27H34N4O2. The van der Waals surface area contributed by atoms with Crippen molar-refractivity contribution in [2.45, 2.75) is 90.3 Å². The second-order valence-corrected chi connectivity index (χ2v) is 10.8. The Morgan fingerprint density at radius 3 is 2.67 bits per heavy atom. The number of anilines is 1. The van der Waals surface area contributed by atoms with Crippen LogP contribution in [-0.4, -0.2) is 23.9 Å². The number of fused-ring (bicyclic) bond motifs is 1. The molecule has 0 radical (unpaired) electrons. The molecule has 6 heteroatoms. The minimum Gasteiger partial charge on any atom is -0.362 e. The third-order valence-electron chi connectivity index (χ3n) is 7.96. The highest BCUT2D eigenvalue weighted by molar-refractivity contribution is 6.01. The molecule has 1 aromatic carbocycles. The SMILES string of the molecule is CCC1(c2cccc(N(C(C)=O)C3CCCC3)c2)C2=CN=NC2NC2=C1C(=O)CC(C)(C)C2. The third-order valence-corrected chi connectivity index (χ3v) is 7.96. The van der Waals surface area contributed by atoms with E-state index in [4.69, 9.17) is 0 Å². The smallest absolute Gasteiger partial charge is 0.224 e. The maximum absolute atomic E-state index is 13.7. The maximum Gasteiger partial charge on any atom is 0.224 e. The van der Waals surface area contributed by atoms with E-state index in [-0.39, 0.29) is 29.3 Å². The van der Waals surface area contributed by atoms with Crippen LogP contribution in [0.3, 0.4) is 0 Å². The van der Waals surface area contributed by atoms with Gasteiger partial charge in [0.05, 0.1) is 11.6 Å². The first-order chi connectivity index (χ1) is 15.8. The highest BCUT2D eigenvalue weighted by Gasteiger charge is 2.53. The van der Waals surface area contributed by atoms with Crippen LogP contribution in [0, 0.1) is 5.41 Å². The average Bonchev–Trinajstić information content (AvgIpc) is 3.44. The number of azo groups is 1. The fourth-order valence-corrected chi connectivity index (χ4v) is 6.62. The van der Waals surface area contributed by atoms with Crippen LogP contribution in [-0.2, 0) is 15.0 Å². The molecule has 0 saturated heterocycles. The normalized spacial score (nSPS) is 28.3. The molecule has 1 amide bonds. The molecule has 5 rings (SSSR count). The van der Waals surface area contributed by atoms with Crippen molar-refractivity contribution >= 4 is 17.4 Å². The molecule has 1 aromatic rings. The number of benzene rings is 1. The summed E-state index contributed by atoms with van der Waals surface area (Å²) in [6, 6.07) is 8.57. The Labute approximate surface area is 196 Å². The summed E-state index contributed by atoms with van der Waals surface area (Å²) in [7, 11) is 0. The zero-order valence-electron chi connectivity index (χ0n) is 20.1. The summed E-state index contributed by atoms with van der Waals surface area (Å²) in [5, 5.41) is 12.2. The number of carbonyl (C=O) groups excluding carboxylic acids is 2. The van der Waals surface area contributed by atoms with Crippen molar-refractivity contribution in [1.82, 2.24) is 5.32 Å². The minimum atomic E-state index is -0.587. The predicted octanol–water partition coefficient (Wildman–Crippen LogP) is 5.55. The van der Waals surface area contributed by atoms with Gasteiger partial charge in [-0.15, -0.1) is 0 Å². The molecule has 2 atom stereocenters. The Balaban J connectivity index is 1.68. The molecule has 1 fully saturated rings. The molecular weight excluding hydrogens is 412 g/mol. The summed E-state index contributed by atoms with van der Waals surface area (Å²) < 4.78 is 0. The van der Waals surface area contributed by atoms with E-state index < -0.39 is 5.41 Å². The number of hydrogen-bond acceptors (Lipinski definition) is 5. The number of amides is 1. The van der Waals surface area contributed by atoms with E-state index in [2.05, 4.69) is 48.4 Å². The molecule has 1 N–H and O–H groups in total. The molecule has 2 aliphatic carbocycles. The van der Waals surface area contributed by atoms with Gasteiger partial charge in [0.2, 0.25) is 5.91 Å². The van der Waals surface area contributed by atoms with Crippen molar-refractivity contribution in [3.63, 3.8) is 0 Å². The highest BCUT2D eigenvalue weighted by atomic mass is 16.2. The van der Waals surface area contributed by atoms with Gasteiger partial charge in [0.15, 0.2) is 11.9 Å². The predicted molar refractivity (Wildman–Crippen MR) is 129 cm³/mol. The molecule has 2 aliphatic heterocycles. The molecule has 0 bridgehead atoms. The van der Waals surface area contributed by atoms with E-state index in [1.165, 1.54) is 0 Å². The lowest BCUT2D eigenvalue weighted by molar-refractivity contribution is -0.119. The van der Waals surface area contributed by atoms with Crippen LogP contribution in [0.15, 0.2) is 57.5 Å². The van der Waals surface area contributed by atoms with Crippen LogP contribution in [0.25, 0.3) is 0 Å². The average molecular weight is 447 g/mol. The first kappa shape index (κ1) is 22.1. The second-order valence-electron chi connectivity index (χ2n) is 10.8. The number of nitrogens with zero attached hydrogens (tertiary/aromatic N) is 3. The lowest BCUT2D eigenvalue weighted by atomic mass is 9.59. The van der Waals surface area contributed by atoms with Gasteiger partial charge in [-0.2, -0.15) is 10.2 Å². The van der Waals surface area contributed by atoms with E-state index in [9.17, 15) is 9.59 Å². The van der Waals surface area contributed by atoms with Crippen molar-refractivity contribution in [1.29, 1.82) is 0 Å². The van der Waals surface area contributed by atoms with E-state index in [0.29, 0.717) is 6.42 Å². The third kappa shape index (κ3) is 3.46. The van der Waals surface area contributed by atoms with E-state index in [1.807, 2.05) is 23.2 Å². The molecule has 174 valence electrons. The van der Waals surface area contributed by atoms with Gasteiger partial charge in [-0.05, 0) is 48.8 Å². The largest absolute Gasteiger partial charge is 0.362 e. The molecule has 4 aliphatic rings. The van der Waals surface area contributed by atoms with Crippen molar-refractivity contribution in [2.24, 2.45) is 15.6 Å². The second kappa shape index (κ2) is 7.93. The number of ketones is 1. The Bertz CT molecular complexity index is 1090. The molecule has 1 saturated carbocycles. The maximum atomic E-state index is 13.7. The summed E-state index contributed by atoms with van der Waals surface area (Å²) in [6.07, 6.45) is 8.09. The lowest BCUT2D eigenvalue weighted by Crippen LogP contribution is -2.51. The molecule has 2 heterocycles. The molecule has 33 heavy (non-hydrogen) atoms. The quantitative estimate of drug-likeness (QED) is 0.659. The zero-order chi connectivity index (χ0) is 23.4. The molecule has 2 unspecified atom stereocenters. The van der Waals surface area contributed by atoms with E-state index in [1.54, 1.807) is 6.92 Å². The lowest BCUT2D eigenvalue weighted by Gasteiger charge is -2.48. The van der Waals surface area contributed by atoms with Gasteiger partial charge >= 0.3 is 0 Å². The summed E-state index contributed by atoms with van der Waals surface area (Å²) >= 11 is 0. The van der Waals surface area contributed by atoms with Crippen LogP contribution in [0.4, 0.5) is 5.69 Å². The van der Waals surface area contributed by atoms with Crippen LogP contribution >= 0.6 is 0 Å². The Hall–Kier alpha value is -2.76. The number of carbonyl (C=O) groups is 2. The fourth-order valence-electron chi connectivity index (χ4n) is 6.62. The monoisotopic (exact) mass is 446 g/mol. The van der Waals surface area contributed by atoms with Crippen molar-refractivity contribution in [3.8, 4) is 0 Å². The molecule has 0 aromatic heterocycles. The van der Waals surface area contributed by atoms with Gasteiger partial charge in [0.25, 0.3) is 0 Å². The standard InChI is InChI=1S/C27H34N4O2/c1-5-27(18-9-8-12-20(13-18)31(17(2)32)19-10-6-7-11-19)21-16-28-30-25(21)29-22-14-26(3,4)15-23(33)24(22)27/h8-9,12-13,16,19,25,29H,5-7,10-11,14-15H2,1-4H3. The molecule has 6 nitrogen and oxygen atoms in total. The van der Waals surface area contributed by atoms with Gasteiger partial charge in [-0.1, -0.05) is 45.7 Å². The van der Waals surface area contributed by atoms with Gasteiger partial charge in [0, 0.05) is 41.9 Å². The first-order valence-corrected chi connectivity index (χ1v) is 12.3. The van der Waals surface area contributed by atoms with Gasteiger partial charge in [-0.25, -0.2) is 0 Å². The fraction of sp³-hybridized carbons (Fsp3) is 0.556. The molecule has 0 spiro atoms. The number of Topliss-reactive ketones (excluding diaryl/α,β-unsaturated/α-hetero) is 1. The van der Waals surface area contributed by atoms with Crippen molar-refractivity contribution in [2.75, 3.05) is 4.90 Å². The number of allylic oxidation sites excluding steroid dienone is 2. The minimum absolute atomic E-state index is 0.0771. The van der Waals surface area contributed by atoms with Crippen molar-refractivity contribution < 1.29 is 9.59 Å². The van der Waals surface area contributed by atoms with E-state index >= 15 is 0 Å². The number of rotatable bonds is 4. The summed E-state index contributed by atoms with van der Waals surface area (Å²) in [6.45, 7) is 8.11. The van der Waals surface area contributed by atoms with Crippen LogP contribution in [0.5, 0.6) is 0 Å². The van der Waals surface area contributed by atoms with Crippen LogP contribution in [0.1, 0.15) is 78.2 Å². The highest BCUT2D eigenvalue weighted by Crippen LogP contribution is 2.54. The van der Waals surface area contributed by atoms with Crippen molar-refractivity contribution in [3.05, 3.63) is 52.9 Å². The number of hydrogen-bond donors (Lipinski definition) is 1. The number of nitrogens with one attached hydrogen (secondary N) is 1. The van der Waals surface area contributed by atoms with Gasteiger partial charge in [0.1, 0.15) is 0 Å². The van der Waals surface area contributed by atoms with Gasteiger partial charge in [-0.3, -0.25) is 9.59 Å². The van der Waals surface area contributed by atoms with Crippen LogP contribution < -0.4 is 10.2 Å².